The number of hydrogen-bond donors (Lipinski definition) is 1. The molecule has 0 saturated carbocycles. The monoisotopic (exact) mass is 465 g/mol. The Kier molecular flexibility index (Phi) is 7.97. The van der Waals surface area contributed by atoms with Crippen LogP contribution in [0, 0.1) is 0 Å². The first-order valence-electron chi connectivity index (χ1n) is 10.1. The van der Waals surface area contributed by atoms with E-state index < -0.39 is 0 Å². The molecule has 3 nitrogen and oxygen atoms in total. The number of methoxy groups -OCH3 is 1. The van der Waals surface area contributed by atoms with E-state index in [2.05, 4.69) is 65.1 Å². The molecule has 0 aliphatic heterocycles. The zero-order chi connectivity index (χ0) is 21.3. The summed E-state index contributed by atoms with van der Waals surface area (Å²) in [6.07, 6.45) is 3.60. The van der Waals surface area contributed by atoms with E-state index in [4.69, 9.17) is 9.47 Å². The van der Waals surface area contributed by atoms with E-state index in [-0.39, 0.29) is 0 Å². The molecule has 0 amide bonds. The fourth-order valence-corrected chi connectivity index (χ4v) is 3.65. The van der Waals surface area contributed by atoms with E-state index in [0.717, 1.165) is 39.1 Å². The smallest absolute Gasteiger partial charge is 0.165 e. The van der Waals surface area contributed by atoms with Gasteiger partial charge in [0.05, 0.1) is 7.11 Å². The molecule has 0 atom stereocenters. The van der Waals surface area contributed by atoms with E-state index in [1.54, 1.807) is 7.11 Å². The van der Waals surface area contributed by atoms with Crippen molar-refractivity contribution in [3.63, 3.8) is 0 Å². The van der Waals surface area contributed by atoms with E-state index >= 15 is 0 Å². The van der Waals surface area contributed by atoms with E-state index in [0.29, 0.717) is 19.6 Å². The molecule has 0 spiro atoms. The molecular formula is C26H28BrNO2. The van der Waals surface area contributed by atoms with Gasteiger partial charge >= 0.3 is 0 Å². The molecule has 0 bridgehead atoms. The minimum absolute atomic E-state index is 0.481. The van der Waals surface area contributed by atoms with Crippen molar-refractivity contribution in [3.05, 3.63) is 100 Å². The third-order valence-corrected chi connectivity index (χ3v) is 5.48. The van der Waals surface area contributed by atoms with E-state index in [1.165, 1.54) is 11.3 Å². The van der Waals surface area contributed by atoms with Gasteiger partial charge in [-0.1, -0.05) is 59.3 Å². The maximum atomic E-state index is 6.18. The van der Waals surface area contributed by atoms with Gasteiger partial charge in [0, 0.05) is 22.3 Å². The predicted molar refractivity (Wildman–Crippen MR) is 129 cm³/mol. The van der Waals surface area contributed by atoms with Crippen LogP contribution in [-0.4, -0.2) is 7.11 Å². The average molecular weight is 466 g/mol. The summed E-state index contributed by atoms with van der Waals surface area (Å²) >= 11 is 3.47. The zero-order valence-electron chi connectivity index (χ0n) is 17.6. The van der Waals surface area contributed by atoms with Crippen LogP contribution in [0.25, 0.3) is 0 Å². The number of aryl methyl sites for hydroxylation is 1. The molecule has 1 N–H and O–H groups in total. The Labute approximate surface area is 187 Å². The number of benzene rings is 3. The lowest BCUT2D eigenvalue weighted by molar-refractivity contribution is 0.281. The fourth-order valence-electron chi connectivity index (χ4n) is 3.38. The molecule has 4 heteroatoms. The summed E-state index contributed by atoms with van der Waals surface area (Å²) in [5.41, 5.74) is 5.80. The first kappa shape index (κ1) is 22.0. The van der Waals surface area contributed by atoms with Crippen molar-refractivity contribution < 1.29 is 9.47 Å². The lowest BCUT2D eigenvalue weighted by Crippen LogP contribution is -2.06. The van der Waals surface area contributed by atoms with Crippen LogP contribution in [0.3, 0.4) is 0 Å². The average Bonchev–Trinajstić information content (AvgIpc) is 2.78. The standard InChI is InChI=1S/C26H28BrNO2/c1-4-8-22-15-20(17-28-24-10-7-6-9-21(24)5-2)16-25(29-3)26(22)30-18-19-11-13-23(27)14-12-19/h4,6-7,9-16,28H,1,5,8,17-18H2,2-3H3. The molecule has 0 fully saturated rings. The highest BCUT2D eigenvalue weighted by molar-refractivity contribution is 9.10. The Morgan fingerprint density at radius 3 is 2.47 bits per heavy atom. The van der Waals surface area contributed by atoms with Gasteiger partial charge in [0.15, 0.2) is 11.5 Å². The topological polar surface area (TPSA) is 30.5 Å². The van der Waals surface area contributed by atoms with Gasteiger partial charge in [-0.2, -0.15) is 0 Å². The molecular weight excluding hydrogens is 438 g/mol. The minimum Gasteiger partial charge on any atom is -0.493 e. The van der Waals surface area contributed by atoms with Gasteiger partial charge in [-0.25, -0.2) is 0 Å². The number of nitrogens with one attached hydrogen (secondary N) is 1. The van der Waals surface area contributed by atoms with Crippen LogP contribution in [0.5, 0.6) is 11.5 Å². The van der Waals surface area contributed by atoms with E-state index in [1.807, 2.05) is 36.4 Å². The Morgan fingerprint density at radius 1 is 1.00 bits per heavy atom. The van der Waals surface area contributed by atoms with Crippen LogP contribution < -0.4 is 14.8 Å². The van der Waals surface area contributed by atoms with Crippen molar-refractivity contribution in [1.29, 1.82) is 0 Å². The normalized spacial score (nSPS) is 10.5. The van der Waals surface area contributed by atoms with Crippen molar-refractivity contribution in [2.45, 2.75) is 32.9 Å². The van der Waals surface area contributed by atoms with Crippen LogP contribution in [0.2, 0.25) is 0 Å². The van der Waals surface area contributed by atoms with Gasteiger partial charge < -0.3 is 14.8 Å². The van der Waals surface area contributed by atoms with Gasteiger partial charge in [0.2, 0.25) is 0 Å². The number of rotatable bonds is 10. The number of hydrogen-bond acceptors (Lipinski definition) is 3. The lowest BCUT2D eigenvalue weighted by atomic mass is 10.0. The number of anilines is 1. The summed E-state index contributed by atoms with van der Waals surface area (Å²) < 4.78 is 12.9. The molecule has 3 aromatic rings. The van der Waals surface area contributed by atoms with Gasteiger partial charge in [-0.15, -0.1) is 6.58 Å². The summed E-state index contributed by atoms with van der Waals surface area (Å²) in [6.45, 7) is 7.27. The molecule has 0 heterocycles. The fraction of sp³-hybridized carbons (Fsp3) is 0.231. The molecule has 0 aliphatic carbocycles. The molecule has 3 aromatic carbocycles. The van der Waals surface area contributed by atoms with Crippen LogP contribution in [0.1, 0.15) is 29.2 Å². The van der Waals surface area contributed by atoms with Gasteiger partial charge in [-0.3, -0.25) is 0 Å². The van der Waals surface area contributed by atoms with Crippen molar-refractivity contribution >= 4 is 21.6 Å². The second kappa shape index (κ2) is 10.9. The van der Waals surface area contributed by atoms with Gasteiger partial charge in [0.25, 0.3) is 0 Å². The van der Waals surface area contributed by atoms with Crippen LogP contribution in [0.4, 0.5) is 5.69 Å². The lowest BCUT2D eigenvalue weighted by Gasteiger charge is -2.18. The second-order valence-electron chi connectivity index (χ2n) is 7.06. The highest BCUT2D eigenvalue weighted by atomic mass is 79.9. The van der Waals surface area contributed by atoms with E-state index in [9.17, 15) is 0 Å². The third-order valence-electron chi connectivity index (χ3n) is 4.95. The highest BCUT2D eigenvalue weighted by Gasteiger charge is 2.13. The summed E-state index contributed by atoms with van der Waals surface area (Å²) in [5.74, 6) is 1.52. The summed E-state index contributed by atoms with van der Waals surface area (Å²) in [5, 5.41) is 3.56. The minimum atomic E-state index is 0.481. The van der Waals surface area contributed by atoms with Crippen molar-refractivity contribution in [2.75, 3.05) is 12.4 Å². The van der Waals surface area contributed by atoms with Crippen LogP contribution >= 0.6 is 15.9 Å². The maximum absolute atomic E-state index is 6.18. The Hall–Kier alpha value is -2.72. The van der Waals surface area contributed by atoms with Gasteiger partial charge in [0.1, 0.15) is 6.61 Å². The number of ether oxygens (including phenoxy) is 2. The number of para-hydroxylation sites is 1. The molecule has 3 rings (SSSR count). The largest absolute Gasteiger partial charge is 0.493 e. The highest BCUT2D eigenvalue weighted by Crippen LogP contribution is 2.34. The molecule has 0 radical (unpaired) electrons. The molecule has 30 heavy (non-hydrogen) atoms. The first-order valence-corrected chi connectivity index (χ1v) is 10.9. The quantitative estimate of drug-likeness (QED) is 0.329. The maximum Gasteiger partial charge on any atom is 0.165 e. The Morgan fingerprint density at radius 2 is 1.77 bits per heavy atom. The molecule has 156 valence electrons. The second-order valence-corrected chi connectivity index (χ2v) is 7.97. The predicted octanol–water partition coefficient (Wildman–Crippen LogP) is 6.94. The molecule has 0 saturated heterocycles. The Balaban J connectivity index is 1.81. The Bertz CT molecular complexity index is 983. The van der Waals surface area contributed by atoms with Crippen LogP contribution in [-0.2, 0) is 26.0 Å². The van der Waals surface area contributed by atoms with Crippen LogP contribution in [0.15, 0.2) is 77.8 Å². The molecule has 0 aromatic heterocycles. The summed E-state index contributed by atoms with van der Waals surface area (Å²) in [6, 6.07) is 20.8. The third kappa shape index (κ3) is 5.67. The number of halogens is 1. The number of allylic oxidation sites excluding steroid dienone is 1. The summed E-state index contributed by atoms with van der Waals surface area (Å²) in [4.78, 5) is 0. The first-order chi connectivity index (χ1) is 14.6. The summed E-state index contributed by atoms with van der Waals surface area (Å²) in [7, 11) is 1.68. The molecule has 0 unspecified atom stereocenters. The van der Waals surface area contributed by atoms with Crippen molar-refractivity contribution in [1.82, 2.24) is 0 Å². The molecule has 0 aliphatic rings. The SMILES string of the molecule is C=CCc1cc(CNc2ccccc2CC)cc(OC)c1OCc1ccc(Br)cc1. The van der Waals surface area contributed by atoms with Crippen molar-refractivity contribution in [2.24, 2.45) is 0 Å². The zero-order valence-corrected chi connectivity index (χ0v) is 19.2. The van der Waals surface area contributed by atoms with Gasteiger partial charge in [-0.05, 0) is 59.9 Å². The van der Waals surface area contributed by atoms with Crippen molar-refractivity contribution in [3.8, 4) is 11.5 Å².